The number of amides is 1. The number of nitrogens with one attached hydrogen (secondary N) is 1. The summed E-state index contributed by atoms with van der Waals surface area (Å²) in [5.74, 6) is -0.959. The van der Waals surface area contributed by atoms with Crippen LogP contribution in [0.15, 0.2) is 12.1 Å². The second-order valence-electron chi connectivity index (χ2n) is 5.00. The monoisotopic (exact) mass is 301 g/mol. The standard InChI is InChI=1S/C12H13ClFN3OS/c1-12(2,5-10(15)18)17-9-3-6(13)7(14)4-8(9)16-11(17)19/h3-4H,5H2,1-2H3,(H2,15,18)(H,16,19). The molecule has 1 aromatic heterocycles. The molecule has 2 rings (SSSR count). The zero-order valence-electron chi connectivity index (χ0n) is 10.5. The second kappa shape index (κ2) is 4.61. The quantitative estimate of drug-likeness (QED) is 0.856. The van der Waals surface area contributed by atoms with Crippen molar-refractivity contribution in [1.29, 1.82) is 0 Å². The van der Waals surface area contributed by atoms with Gasteiger partial charge in [-0.25, -0.2) is 4.39 Å². The predicted octanol–water partition coefficient (Wildman–Crippen LogP) is 3.10. The van der Waals surface area contributed by atoms with Crippen molar-refractivity contribution in [2.45, 2.75) is 25.8 Å². The number of carbonyl (C=O) groups is 1. The van der Waals surface area contributed by atoms with Crippen molar-refractivity contribution in [3.8, 4) is 0 Å². The number of aromatic nitrogens is 2. The minimum Gasteiger partial charge on any atom is -0.370 e. The van der Waals surface area contributed by atoms with E-state index in [1.807, 2.05) is 13.8 Å². The minimum atomic E-state index is -0.623. The van der Waals surface area contributed by atoms with Gasteiger partial charge in [0.05, 0.1) is 21.6 Å². The van der Waals surface area contributed by atoms with Crippen LogP contribution in [-0.2, 0) is 10.3 Å². The topological polar surface area (TPSA) is 63.8 Å². The summed E-state index contributed by atoms with van der Waals surface area (Å²) in [7, 11) is 0. The first-order valence-electron chi connectivity index (χ1n) is 5.61. The summed E-state index contributed by atoms with van der Waals surface area (Å²) < 4.78 is 15.5. The number of nitrogens with zero attached hydrogens (tertiary/aromatic N) is 1. The van der Waals surface area contributed by atoms with Gasteiger partial charge in [-0.15, -0.1) is 0 Å². The number of imidazole rings is 1. The largest absolute Gasteiger partial charge is 0.370 e. The number of primary amides is 1. The van der Waals surface area contributed by atoms with Crippen molar-refractivity contribution < 1.29 is 9.18 Å². The van der Waals surface area contributed by atoms with Gasteiger partial charge in [-0.3, -0.25) is 4.79 Å². The Morgan fingerprint density at radius 3 is 2.79 bits per heavy atom. The normalized spacial score (nSPS) is 12.0. The summed E-state index contributed by atoms with van der Waals surface area (Å²) in [6.45, 7) is 3.66. The van der Waals surface area contributed by atoms with E-state index in [0.29, 0.717) is 15.8 Å². The highest BCUT2D eigenvalue weighted by Crippen LogP contribution is 2.29. The predicted molar refractivity (Wildman–Crippen MR) is 75.2 cm³/mol. The average Bonchev–Trinajstić information content (AvgIpc) is 2.53. The van der Waals surface area contributed by atoms with Crippen molar-refractivity contribution in [2.24, 2.45) is 5.73 Å². The first-order chi connectivity index (χ1) is 8.72. The molecule has 0 spiro atoms. The molecule has 0 radical (unpaired) electrons. The maximum Gasteiger partial charge on any atom is 0.219 e. The molecule has 0 unspecified atom stereocenters. The summed E-state index contributed by atoms with van der Waals surface area (Å²) >= 11 is 11.0. The summed E-state index contributed by atoms with van der Waals surface area (Å²) in [6.07, 6.45) is 0.114. The maximum atomic E-state index is 13.4. The molecular formula is C12H13ClFN3OS. The molecule has 3 N–H and O–H groups in total. The number of rotatable bonds is 3. The van der Waals surface area contributed by atoms with Crippen LogP contribution < -0.4 is 5.73 Å². The first kappa shape index (κ1) is 14.0. The lowest BCUT2D eigenvalue weighted by Gasteiger charge is -2.26. The highest BCUT2D eigenvalue weighted by Gasteiger charge is 2.26. The van der Waals surface area contributed by atoms with Crippen molar-refractivity contribution in [3.05, 3.63) is 27.7 Å². The summed E-state index contributed by atoms with van der Waals surface area (Å²) in [5.41, 5.74) is 5.80. The number of nitrogens with two attached hydrogens (primary N) is 1. The molecule has 1 amide bonds. The van der Waals surface area contributed by atoms with Crippen LogP contribution in [0.2, 0.25) is 5.02 Å². The highest BCUT2D eigenvalue weighted by atomic mass is 35.5. The van der Waals surface area contributed by atoms with E-state index in [2.05, 4.69) is 4.98 Å². The van der Waals surface area contributed by atoms with Gasteiger partial charge in [-0.1, -0.05) is 11.6 Å². The first-order valence-corrected chi connectivity index (χ1v) is 6.39. The van der Waals surface area contributed by atoms with Gasteiger partial charge < -0.3 is 15.3 Å². The third-order valence-electron chi connectivity index (χ3n) is 2.94. The molecule has 2 aromatic rings. The molecule has 0 fully saturated rings. The number of carbonyl (C=O) groups excluding carboxylic acids is 1. The number of benzene rings is 1. The number of fused-ring (bicyclic) bond motifs is 1. The molecular weight excluding hydrogens is 289 g/mol. The lowest BCUT2D eigenvalue weighted by Crippen LogP contribution is -2.32. The molecule has 0 saturated carbocycles. The van der Waals surface area contributed by atoms with Crippen molar-refractivity contribution >= 4 is 40.8 Å². The number of halogens is 2. The number of H-pyrrole nitrogens is 1. The summed E-state index contributed by atoms with van der Waals surface area (Å²) in [6, 6.07) is 2.77. The van der Waals surface area contributed by atoms with Crippen LogP contribution in [0.3, 0.4) is 0 Å². The van der Waals surface area contributed by atoms with E-state index in [9.17, 15) is 9.18 Å². The van der Waals surface area contributed by atoms with Gasteiger partial charge in [0.1, 0.15) is 5.82 Å². The fourth-order valence-electron chi connectivity index (χ4n) is 2.21. The zero-order valence-corrected chi connectivity index (χ0v) is 12.0. The Morgan fingerprint density at radius 2 is 2.21 bits per heavy atom. The van der Waals surface area contributed by atoms with Gasteiger partial charge in [0, 0.05) is 12.5 Å². The smallest absolute Gasteiger partial charge is 0.219 e. The maximum absolute atomic E-state index is 13.4. The van der Waals surface area contributed by atoms with Crippen molar-refractivity contribution in [3.63, 3.8) is 0 Å². The minimum absolute atomic E-state index is 0.00475. The van der Waals surface area contributed by atoms with Gasteiger partial charge in [0.15, 0.2) is 4.77 Å². The van der Waals surface area contributed by atoms with E-state index in [-0.39, 0.29) is 11.4 Å². The third kappa shape index (κ3) is 2.50. The molecule has 0 aliphatic heterocycles. The third-order valence-corrected chi connectivity index (χ3v) is 3.51. The van der Waals surface area contributed by atoms with Crippen molar-refractivity contribution in [1.82, 2.24) is 9.55 Å². The fraction of sp³-hybridized carbons (Fsp3) is 0.333. The van der Waals surface area contributed by atoms with Crippen LogP contribution in [0.1, 0.15) is 20.3 Å². The molecule has 19 heavy (non-hydrogen) atoms. The van der Waals surface area contributed by atoms with E-state index in [4.69, 9.17) is 29.6 Å². The Morgan fingerprint density at radius 1 is 1.58 bits per heavy atom. The average molecular weight is 302 g/mol. The van der Waals surface area contributed by atoms with Crippen LogP contribution >= 0.6 is 23.8 Å². The molecule has 4 nitrogen and oxygen atoms in total. The van der Waals surface area contributed by atoms with Crippen LogP contribution in [0.25, 0.3) is 11.0 Å². The molecule has 0 aliphatic rings. The van der Waals surface area contributed by atoms with Crippen LogP contribution in [0.4, 0.5) is 4.39 Å². The van der Waals surface area contributed by atoms with E-state index in [1.54, 1.807) is 4.57 Å². The van der Waals surface area contributed by atoms with Gasteiger partial charge >= 0.3 is 0 Å². The van der Waals surface area contributed by atoms with E-state index < -0.39 is 17.3 Å². The number of hydrogen-bond acceptors (Lipinski definition) is 2. The van der Waals surface area contributed by atoms with E-state index in [0.717, 1.165) is 0 Å². The molecule has 1 aromatic carbocycles. The summed E-state index contributed by atoms with van der Waals surface area (Å²) in [5, 5.41) is 0.00475. The van der Waals surface area contributed by atoms with Crippen LogP contribution in [0, 0.1) is 10.6 Å². The van der Waals surface area contributed by atoms with Gasteiger partial charge in [-0.05, 0) is 32.1 Å². The number of hydrogen-bond donors (Lipinski definition) is 2. The van der Waals surface area contributed by atoms with Gasteiger partial charge in [0.2, 0.25) is 5.91 Å². The summed E-state index contributed by atoms with van der Waals surface area (Å²) in [4.78, 5) is 14.1. The van der Waals surface area contributed by atoms with Crippen LogP contribution in [-0.4, -0.2) is 15.5 Å². The van der Waals surface area contributed by atoms with Gasteiger partial charge in [-0.2, -0.15) is 0 Å². The SMILES string of the molecule is CC(C)(CC(N)=O)n1c(=S)[nH]c2cc(F)c(Cl)cc21. The second-order valence-corrected chi connectivity index (χ2v) is 5.80. The lowest BCUT2D eigenvalue weighted by atomic mass is 9.99. The molecule has 7 heteroatoms. The molecule has 102 valence electrons. The van der Waals surface area contributed by atoms with Gasteiger partial charge in [0.25, 0.3) is 0 Å². The van der Waals surface area contributed by atoms with Crippen LogP contribution in [0.5, 0.6) is 0 Å². The Kier molecular flexibility index (Phi) is 3.40. The molecule has 0 aliphatic carbocycles. The van der Waals surface area contributed by atoms with Crippen molar-refractivity contribution in [2.75, 3.05) is 0 Å². The lowest BCUT2D eigenvalue weighted by molar-refractivity contribution is -0.119. The fourth-order valence-corrected chi connectivity index (χ4v) is 2.82. The molecule has 1 heterocycles. The number of aromatic amines is 1. The Hall–Kier alpha value is -1.40. The Labute approximate surface area is 119 Å². The molecule has 0 bridgehead atoms. The Balaban J connectivity index is 2.73. The Bertz CT molecular complexity index is 720. The molecule has 0 atom stereocenters. The van der Waals surface area contributed by atoms with E-state index in [1.165, 1.54) is 12.1 Å². The zero-order chi connectivity index (χ0) is 14.4. The van der Waals surface area contributed by atoms with E-state index >= 15 is 0 Å². The molecule has 0 saturated heterocycles. The highest BCUT2D eigenvalue weighted by molar-refractivity contribution is 7.71.